The first kappa shape index (κ1) is 22.0. The van der Waals surface area contributed by atoms with Crippen LogP contribution < -0.4 is 10.2 Å². The number of benzene rings is 3. The molecule has 3 aromatic carbocycles. The standard InChI is InChI=1S/C25H22N2O6/c1-32-24(30)17-9-11-19(12-10-17)27-14-18(13-23(27)29)25(31)33-15-22(28)26-21-8-4-6-16-5-2-3-7-20(16)21/h2-12,18H,13-15H2,1H3,(H,26,28)/t18-/m0/s1. The molecule has 0 aliphatic carbocycles. The second-order valence-corrected chi connectivity index (χ2v) is 7.63. The SMILES string of the molecule is COC(=O)c1ccc(N2C[C@@H](C(=O)OCC(=O)Nc3cccc4ccccc34)CC2=O)cc1. The van der Waals surface area contributed by atoms with Gasteiger partial charge in [-0.3, -0.25) is 14.4 Å². The molecule has 2 amide bonds. The smallest absolute Gasteiger partial charge is 0.337 e. The number of hydrogen-bond acceptors (Lipinski definition) is 6. The van der Waals surface area contributed by atoms with Gasteiger partial charge >= 0.3 is 11.9 Å². The normalized spacial score (nSPS) is 15.4. The number of hydrogen-bond donors (Lipinski definition) is 1. The lowest BCUT2D eigenvalue weighted by Gasteiger charge is -2.17. The predicted molar refractivity (Wildman–Crippen MR) is 122 cm³/mol. The van der Waals surface area contributed by atoms with Crippen LogP contribution in [-0.4, -0.2) is 44.0 Å². The minimum absolute atomic E-state index is 0.0114. The summed E-state index contributed by atoms with van der Waals surface area (Å²) in [6, 6.07) is 19.5. The Morgan fingerprint density at radius 3 is 2.48 bits per heavy atom. The molecular formula is C25H22N2O6. The third-order valence-corrected chi connectivity index (χ3v) is 5.47. The largest absolute Gasteiger partial charge is 0.465 e. The Balaban J connectivity index is 1.33. The summed E-state index contributed by atoms with van der Waals surface area (Å²) in [6.45, 7) is -0.305. The molecule has 1 saturated heterocycles. The van der Waals surface area contributed by atoms with Crippen LogP contribution in [0.4, 0.5) is 11.4 Å². The summed E-state index contributed by atoms with van der Waals surface area (Å²) in [5, 5.41) is 4.63. The van der Waals surface area contributed by atoms with Crippen molar-refractivity contribution in [1.29, 1.82) is 0 Å². The van der Waals surface area contributed by atoms with Gasteiger partial charge in [0.2, 0.25) is 5.91 Å². The summed E-state index contributed by atoms with van der Waals surface area (Å²) in [5.41, 5.74) is 1.56. The van der Waals surface area contributed by atoms with Crippen molar-refractivity contribution in [2.45, 2.75) is 6.42 Å². The summed E-state index contributed by atoms with van der Waals surface area (Å²) in [6.07, 6.45) is -0.0114. The Morgan fingerprint density at radius 2 is 1.73 bits per heavy atom. The van der Waals surface area contributed by atoms with E-state index in [1.54, 1.807) is 30.3 Å². The first-order valence-electron chi connectivity index (χ1n) is 10.4. The quantitative estimate of drug-likeness (QED) is 0.584. The zero-order valence-corrected chi connectivity index (χ0v) is 17.9. The van der Waals surface area contributed by atoms with Crippen molar-refractivity contribution in [3.05, 3.63) is 72.3 Å². The second kappa shape index (κ2) is 9.52. The molecule has 0 radical (unpaired) electrons. The summed E-state index contributed by atoms with van der Waals surface area (Å²) in [4.78, 5) is 50.2. The van der Waals surface area contributed by atoms with E-state index in [1.807, 2.05) is 36.4 Å². The molecule has 0 spiro atoms. The minimum Gasteiger partial charge on any atom is -0.465 e. The van der Waals surface area contributed by atoms with Gasteiger partial charge < -0.3 is 19.7 Å². The van der Waals surface area contributed by atoms with Gasteiger partial charge in [0, 0.05) is 29.7 Å². The lowest BCUT2D eigenvalue weighted by atomic mass is 10.1. The summed E-state index contributed by atoms with van der Waals surface area (Å²) >= 11 is 0. The van der Waals surface area contributed by atoms with Crippen molar-refractivity contribution >= 4 is 45.9 Å². The molecule has 0 bridgehead atoms. The lowest BCUT2D eigenvalue weighted by molar-refractivity contribution is -0.151. The van der Waals surface area contributed by atoms with Crippen LogP contribution in [-0.2, 0) is 23.9 Å². The molecule has 0 aromatic heterocycles. The molecule has 8 heteroatoms. The third kappa shape index (κ3) is 4.85. The number of carbonyl (C=O) groups is 4. The molecular weight excluding hydrogens is 424 g/mol. The monoisotopic (exact) mass is 446 g/mol. The van der Waals surface area contributed by atoms with Crippen LogP contribution in [0.3, 0.4) is 0 Å². The van der Waals surface area contributed by atoms with Crippen molar-refractivity contribution in [3.63, 3.8) is 0 Å². The average Bonchev–Trinajstić information content (AvgIpc) is 3.24. The Hall–Kier alpha value is -4.20. The fourth-order valence-corrected chi connectivity index (χ4v) is 3.79. The van der Waals surface area contributed by atoms with Gasteiger partial charge in [-0.2, -0.15) is 0 Å². The van der Waals surface area contributed by atoms with E-state index in [-0.39, 0.29) is 18.9 Å². The first-order valence-corrected chi connectivity index (χ1v) is 10.4. The molecule has 8 nitrogen and oxygen atoms in total. The van der Waals surface area contributed by atoms with Crippen LogP contribution in [0.25, 0.3) is 10.8 Å². The molecule has 168 valence electrons. The molecule has 3 aromatic rings. The van der Waals surface area contributed by atoms with E-state index >= 15 is 0 Å². The highest BCUT2D eigenvalue weighted by Crippen LogP contribution is 2.27. The van der Waals surface area contributed by atoms with Crippen molar-refractivity contribution < 1.29 is 28.7 Å². The minimum atomic E-state index is -0.678. The van der Waals surface area contributed by atoms with Gasteiger partial charge in [-0.1, -0.05) is 36.4 Å². The summed E-state index contributed by atoms with van der Waals surface area (Å²) < 4.78 is 9.84. The zero-order valence-electron chi connectivity index (χ0n) is 17.9. The highest BCUT2D eigenvalue weighted by Gasteiger charge is 2.36. The van der Waals surface area contributed by atoms with E-state index < -0.39 is 30.4 Å². The van der Waals surface area contributed by atoms with Crippen LogP contribution in [0.5, 0.6) is 0 Å². The van der Waals surface area contributed by atoms with Crippen LogP contribution in [0, 0.1) is 5.92 Å². The molecule has 1 N–H and O–H groups in total. The van der Waals surface area contributed by atoms with Gasteiger partial charge in [0.1, 0.15) is 0 Å². The number of nitrogens with zero attached hydrogens (tertiary/aromatic N) is 1. The highest BCUT2D eigenvalue weighted by molar-refractivity contribution is 6.03. The number of methoxy groups -OCH3 is 1. The number of amides is 2. The molecule has 1 heterocycles. The van der Waals surface area contributed by atoms with Crippen molar-refractivity contribution in [1.82, 2.24) is 0 Å². The second-order valence-electron chi connectivity index (χ2n) is 7.63. The molecule has 0 saturated carbocycles. The zero-order chi connectivity index (χ0) is 23.4. The molecule has 1 atom stereocenters. The van der Waals surface area contributed by atoms with Crippen molar-refractivity contribution in [2.75, 3.05) is 30.5 Å². The maximum Gasteiger partial charge on any atom is 0.337 e. The Labute approximate surface area is 190 Å². The van der Waals surface area contributed by atoms with Gasteiger partial charge in [0.05, 0.1) is 18.6 Å². The Bertz CT molecular complexity index is 1220. The van der Waals surface area contributed by atoms with E-state index in [4.69, 9.17) is 4.74 Å². The van der Waals surface area contributed by atoms with E-state index in [0.29, 0.717) is 16.9 Å². The Kier molecular flexibility index (Phi) is 6.35. The maximum absolute atomic E-state index is 12.5. The number of anilines is 2. The van der Waals surface area contributed by atoms with E-state index in [0.717, 1.165) is 10.8 Å². The maximum atomic E-state index is 12.5. The average molecular weight is 446 g/mol. The Morgan fingerprint density at radius 1 is 1.00 bits per heavy atom. The fraction of sp³-hybridized carbons (Fsp3) is 0.200. The topological polar surface area (TPSA) is 102 Å². The van der Waals surface area contributed by atoms with Gasteiger partial charge in [-0.15, -0.1) is 0 Å². The molecule has 1 fully saturated rings. The lowest BCUT2D eigenvalue weighted by Crippen LogP contribution is -2.28. The molecule has 1 aliphatic heterocycles. The van der Waals surface area contributed by atoms with Crippen molar-refractivity contribution in [3.8, 4) is 0 Å². The van der Waals surface area contributed by atoms with E-state index in [2.05, 4.69) is 10.1 Å². The van der Waals surface area contributed by atoms with E-state index in [1.165, 1.54) is 12.0 Å². The third-order valence-electron chi connectivity index (χ3n) is 5.47. The molecule has 0 unspecified atom stereocenters. The van der Waals surface area contributed by atoms with Gasteiger partial charge in [0.25, 0.3) is 5.91 Å². The molecule has 1 aliphatic rings. The summed E-state index contributed by atoms with van der Waals surface area (Å²) in [7, 11) is 1.29. The number of ether oxygens (including phenoxy) is 2. The number of rotatable bonds is 6. The number of nitrogens with one attached hydrogen (secondary N) is 1. The van der Waals surface area contributed by atoms with E-state index in [9.17, 15) is 19.2 Å². The van der Waals surface area contributed by atoms with Crippen LogP contribution in [0.2, 0.25) is 0 Å². The van der Waals surface area contributed by atoms with Crippen molar-refractivity contribution in [2.24, 2.45) is 5.92 Å². The highest BCUT2D eigenvalue weighted by atomic mass is 16.5. The van der Waals surface area contributed by atoms with Crippen LogP contribution >= 0.6 is 0 Å². The number of carbonyl (C=O) groups excluding carboxylic acids is 4. The van der Waals surface area contributed by atoms with Gasteiger partial charge in [-0.25, -0.2) is 4.79 Å². The molecule has 4 rings (SSSR count). The number of fused-ring (bicyclic) bond motifs is 1. The first-order chi connectivity index (χ1) is 16.0. The van der Waals surface area contributed by atoms with Gasteiger partial charge in [-0.05, 0) is 35.7 Å². The number of esters is 2. The van der Waals surface area contributed by atoms with Crippen LogP contribution in [0.1, 0.15) is 16.8 Å². The fourth-order valence-electron chi connectivity index (χ4n) is 3.79. The van der Waals surface area contributed by atoms with Gasteiger partial charge in [0.15, 0.2) is 6.61 Å². The molecule has 33 heavy (non-hydrogen) atoms. The van der Waals surface area contributed by atoms with Crippen LogP contribution in [0.15, 0.2) is 66.7 Å². The predicted octanol–water partition coefficient (Wildman–Crippen LogP) is 3.16. The summed E-state index contributed by atoms with van der Waals surface area (Å²) in [5.74, 6) is -2.45.